The van der Waals surface area contributed by atoms with Crippen LogP contribution in [0.25, 0.3) is 0 Å². The topological polar surface area (TPSA) is 46.2 Å². The van der Waals surface area contributed by atoms with E-state index in [4.69, 9.17) is 0 Å². The average molecular weight is 301 g/mol. The molecular weight excluding hydrogens is 278 g/mol. The molecule has 1 aromatic rings. The Morgan fingerprint density at radius 1 is 1.37 bits per heavy atom. The highest BCUT2D eigenvalue weighted by molar-refractivity contribution is 7.91. The van der Waals surface area contributed by atoms with Crippen LogP contribution in [-0.4, -0.2) is 27.0 Å². The van der Waals surface area contributed by atoms with E-state index in [9.17, 15) is 8.42 Å². The Bertz CT molecular complexity index is 521. The van der Waals surface area contributed by atoms with Crippen molar-refractivity contribution in [3.63, 3.8) is 0 Å². The molecule has 1 aliphatic carbocycles. The number of nitrogens with one attached hydrogen (secondary N) is 1. The lowest BCUT2D eigenvalue weighted by molar-refractivity contribution is 0.285. The zero-order valence-corrected chi connectivity index (χ0v) is 13.5. The van der Waals surface area contributed by atoms with Gasteiger partial charge in [0.1, 0.15) is 9.84 Å². The number of aryl methyl sites for hydroxylation is 1. The highest BCUT2D eigenvalue weighted by Crippen LogP contribution is 2.38. The standard InChI is InChI=1S/C14H23NO2S2/c1-10-7-8-13(18-10)14(15-2)11-5-4-6-12(9-11)19(3,16)17/h7-8,11-12,14-15H,4-6,9H2,1-3H3. The van der Waals surface area contributed by atoms with Gasteiger partial charge in [-0.3, -0.25) is 0 Å². The summed E-state index contributed by atoms with van der Waals surface area (Å²) in [6.45, 7) is 2.11. The highest BCUT2D eigenvalue weighted by atomic mass is 32.2. The molecule has 1 fully saturated rings. The summed E-state index contributed by atoms with van der Waals surface area (Å²) >= 11 is 1.81. The van der Waals surface area contributed by atoms with Gasteiger partial charge in [-0.25, -0.2) is 8.42 Å². The van der Waals surface area contributed by atoms with E-state index in [0.717, 1.165) is 25.7 Å². The van der Waals surface area contributed by atoms with E-state index >= 15 is 0 Å². The molecule has 1 saturated carbocycles. The van der Waals surface area contributed by atoms with Gasteiger partial charge in [0.05, 0.1) is 5.25 Å². The van der Waals surface area contributed by atoms with E-state index in [0.29, 0.717) is 12.0 Å². The van der Waals surface area contributed by atoms with E-state index in [2.05, 4.69) is 24.4 Å². The molecule has 0 aliphatic heterocycles. The molecule has 1 aliphatic rings. The van der Waals surface area contributed by atoms with Gasteiger partial charge in [-0.1, -0.05) is 6.42 Å². The van der Waals surface area contributed by atoms with Crippen LogP contribution in [0.3, 0.4) is 0 Å². The summed E-state index contributed by atoms with van der Waals surface area (Å²) in [4.78, 5) is 2.64. The molecule has 0 radical (unpaired) electrons. The van der Waals surface area contributed by atoms with Gasteiger partial charge in [0.15, 0.2) is 0 Å². The van der Waals surface area contributed by atoms with Gasteiger partial charge >= 0.3 is 0 Å². The molecule has 0 aromatic carbocycles. The lowest BCUT2D eigenvalue weighted by Crippen LogP contribution is -2.34. The van der Waals surface area contributed by atoms with Crippen molar-refractivity contribution >= 4 is 21.2 Å². The Kier molecular flexibility index (Phi) is 4.69. The Hall–Kier alpha value is -0.390. The van der Waals surface area contributed by atoms with Gasteiger partial charge in [-0.15, -0.1) is 11.3 Å². The summed E-state index contributed by atoms with van der Waals surface area (Å²) in [6, 6.07) is 4.61. The van der Waals surface area contributed by atoms with Crippen molar-refractivity contribution < 1.29 is 8.42 Å². The van der Waals surface area contributed by atoms with Gasteiger partial charge in [-0.05, 0) is 51.3 Å². The van der Waals surface area contributed by atoms with Gasteiger partial charge in [0, 0.05) is 22.1 Å². The summed E-state index contributed by atoms with van der Waals surface area (Å²) in [5.74, 6) is 0.427. The first-order valence-corrected chi connectivity index (χ1v) is 9.61. The Labute approximate surface area is 120 Å². The van der Waals surface area contributed by atoms with Crippen molar-refractivity contribution in [2.75, 3.05) is 13.3 Å². The Morgan fingerprint density at radius 3 is 2.63 bits per heavy atom. The van der Waals surface area contributed by atoms with Gasteiger partial charge in [0.2, 0.25) is 0 Å². The molecule has 1 N–H and O–H groups in total. The molecule has 19 heavy (non-hydrogen) atoms. The lowest BCUT2D eigenvalue weighted by Gasteiger charge is -2.33. The van der Waals surface area contributed by atoms with Crippen LogP contribution >= 0.6 is 11.3 Å². The minimum absolute atomic E-state index is 0.150. The highest BCUT2D eigenvalue weighted by Gasteiger charge is 2.33. The number of hydrogen-bond donors (Lipinski definition) is 1. The summed E-state index contributed by atoms with van der Waals surface area (Å²) < 4.78 is 23.5. The summed E-state index contributed by atoms with van der Waals surface area (Å²) in [5.41, 5.74) is 0. The van der Waals surface area contributed by atoms with Crippen molar-refractivity contribution in [1.82, 2.24) is 5.32 Å². The van der Waals surface area contributed by atoms with Crippen LogP contribution in [0.15, 0.2) is 12.1 Å². The first kappa shape index (κ1) is 15.0. The van der Waals surface area contributed by atoms with Gasteiger partial charge in [-0.2, -0.15) is 0 Å². The molecule has 3 unspecified atom stereocenters. The molecule has 0 amide bonds. The number of rotatable bonds is 4. The van der Waals surface area contributed by atoms with Gasteiger partial charge < -0.3 is 5.32 Å². The molecule has 1 aromatic heterocycles. The predicted molar refractivity (Wildman–Crippen MR) is 81.4 cm³/mol. The smallest absolute Gasteiger partial charge is 0.150 e. The monoisotopic (exact) mass is 301 g/mol. The molecule has 2 rings (SSSR count). The molecule has 0 spiro atoms. The third kappa shape index (κ3) is 3.58. The SMILES string of the molecule is CNC(c1ccc(C)s1)C1CCCC(S(C)(=O)=O)C1. The minimum Gasteiger partial charge on any atom is -0.312 e. The largest absolute Gasteiger partial charge is 0.312 e. The van der Waals surface area contributed by atoms with Crippen LogP contribution in [0.1, 0.15) is 41.5 Å². The van der Waals surface area contributed by atoms with Crippen molar-refractivity contribution in [2.45, 2.75) is 43.9 Å². The first-order valence-electron chi connectivity index (χ1n) is 6.84. The van der Waals surface area contributed by atoms with Crippen LogP contribution in [0.2, 0.25) is 0 Å². The van der Waals surface area contributed by atoms with Crippen LogP contribution in [-0.2, 0) is 9.84 Å². The Balaban J connectivity index is 2.15. The third-order valence-electron chi connectivity index (χ3n) is 4.12. The molecule has 0 bridgehead atoms. The van der Waals surface area contributed by atoms with E-state index in [-0.39, 0.29) is 5.25 Å². The van der Waals surface area contributed by atoms with Crippen molar-refractivity contribution in [3.05, 3.63) is 21.9 Å². The average Bonchev–Trinajstić information content (AvgIpc) is 2.76. The second-order valence-electron chi connectivity index (χ2n) is 5.59. The second-order valence-corrected chi connectivity index (χ2v) is 9.24. The molecule has 3 atom stereocenters. The number of thiophene rings is 1. The normalized spacial score (nSPS) is 26.3. The van der Waals surface area contributed by atoms with E-state index in [1.54, 1.807) is 0 Å². The van der Waals surface area contributed by atoms with Crippen LogP contribution in [0.5, 0.6) is 0 Å². The summed E-state index contributed by atoms with van der Waals surface area (Å²) in [5, 5.41) is 3.24. The maximum Gasteiger partial charge on any atom is 0.150 e. The second kappa shape index (κ2) is 5.94. The minimum atomic E-state index is -2.90. The fourth-order valence-corrected chi connectivity index (χ4v) is 5.38. The zero-order chi connectivity index (χ0) is 14.0. The van der Waals surface area contributed by atoms with E-state index < -0.39 is 9.84 Å². The maximum absolute atomic E-state index is 11.8. The fraction of sp³-hybridized carbons (Fsp3) is 0.714. The van der Waals surface area contributed by atoms with Gasteiger partial charge in [0.25, 0.3) is 0 Å². The summed E-state index contributed by atoms with van der Waals surface area (Å²) in [6.07, 6.45) is 5.14. The molecule has 1 heterocycles. The molecule has 0 saturated heterocycles. The summed E-state index contributed by atoms with van der Waals surface area (Å²) in [7, 11) is -0.926. The zero-order valence-electron chi connectivity index (χ0n) is 11.8. The molecule has 3 nitrogen and oxygen atoms in total. The molecule has 5 heteroatoms. The quantitative estimate of drug-likeness (QED) is 0.930. The van der Waals surface area contributed by atoms with Crippen molar-refractivity contribution in [1.29, 1.82) is 0 Å². The first-order chi connectivity index (χ1) is 8.91. The number of sulfone groups is 1. The predicted octanol–water partition coefficient (Wildman–Crippen LogP) is 2.92. The van der Waals surface area contributed by atoms with Crippen LogP contribution in [0.4, 0.5) is 0 Å². The fourth-order valence-electron chi connectivity index (χ4n) is 3.10. The Morgan fingerprint density at radius 2 is 2.11 bits per heavy atom. The van der Waals surface area contributed by atoms with E-state index in [1.165, 1.54) is 16.0 Å². The van der Waals surface area contributed by atoms with Crippen molar-refractivity contribution in [3.8, 4) is 0 Å². The van der Waals surface area contributed by atoms with E-state index in [1.807, 2.05) is 18.4 Å². The third-order valence-corrected chi connectivity index (χ3v) is 6.85. The van der Waals surface area contributed by atoms with Crippen LogP contribution < -0.4 is 5.32 Å². The number of hydrogen-bond acceptors (Lipinski definition) is 4. The molecule has 108 valence electrons. The lowest BCUT2D eigenvalue weighted by atomic mass is 9.83. The molecular formula is C14H23NO2S2. The van der Waals surface area contributed by atoms with Crippen LogP contribution in [0, 0.1) is 12.8 Å². The van der Waals surface area contributed by atoms with Crippen molar-refractivity contribution in [2.24, 2.45) is 5.92 Å². The maximum atomic E-state index is 11.8.